The van der Waals surface area contributed by atoms with Gasteiger partial charge in [0.15, 0.2) is 18.1 Å². The van der Waals surface area contributed by atoms with E-state index in [0.29, 0.717) is 44.2 Å². The largest absolute Gasteiger partial charge is 0.493 e. The molecule has 0 spiro atoms. The van der Waals surface area contributed by atoms with Gasteiger partial charge >= 0.3 is 5.97 Å². The molecular formula is C25H26N2O6S. The third-order valence-corrected chi connectivity index (χ3v) is 6.53. The predicted molar refractivity (Wildman–Crippen MR) is 130 cm³/mol. The maximum absolute atomic E-state index is 12.4. The van der Waals surface area contributed by atoms with Crippen LogP contribution in [-0.4, -0.2) is 66.9 Å². The van der Waals surface area contributed by atoms with Crippen LogP contribution in [0.1, 0.15) is 23.4 Å². The van der Waals surface area contributed by atoms with Crippen LogP contribution < -0.4 is 9.47 Å². The average Bonchev–Trinajstić information content (AvgIpc) is 3.30. The van der Waals surface area contributed by atoms with E-state index in [1.165, 1.54) is 11.3 Å². The van der Waals surface area contributed by atoms with Crippen molar-refractivity contribution in [2.24, 2.45) is 0 Å². The normalized spacial score (nSPS) is 14.3. The second-order valence-electron chi connectivity index (χ2n) is 7.74. The van der Waals surface area contributed by atoms with Crippen molar-refractivity contribution in [3.05, 3.63) is 53.0 Å². The molecule has 2 heterocycles. The molecule has 3 aromatic rings. The van der Waals surface area contributed by atoms with Crippen LogP contribution in [0.2, 0.25) is 0 Å². The number of aromatic nitrogens is 1. The lowest BCUT2D eigenvalue weighted by Crippen LogP contribution is -2.43. The molecule has 1 amide bonds. The molecule has 4 rings (SSSR count). The SMILES string of the molecule is COc1cc(C=C(CCC(=O)O)c2nc3ccccc3s2)ccc1OCC(=O)N1CCOCC1. The highest BCUT2D eigenvalue weighted by Crippen LogP contribution is 2.33. The number of carboxylic acid groups (broad SMARTS) is 1. The average molecular weight is 483 g/mol. The molecule has 0 unspecified atom stereocenters. The number of carbonyl (C=O) groups excluding carboxylic acids is 1. The van der Waals surface area contributed by atoms with Crippen molar-refractivity contribution in [1.82, 2.24) is 9.88 Å². The van der Waals surface area contributed by atoms with Gasteiger partial charge in [-0.2, -0.15) is 0 Å². The minimum atomic E-state index is -0.863. The number of amides is 1. The number of methoxy groups -OCH3 is 1. The fourth-order valence-electron chi connectivity index (χ4n) is 3.63. The molecule has 0 atom stereocenters. The summed E-state index contributed by atoms with van der Waals surface area (Å²) < 4.78 is 17.6. The highest BCUT2D eigenvalue weighted by atomic mass is 32.1. The molecule has 0 saturated carbocycles. The highest BCUT2D eigenvalue weighted by molar-refractivity contribution is 7.19. The Bertz CT molecular complexity index is 1170. The van der Waals surface area contributed by atoms with Crippen molar-refractivity contribution in [3.63, 3.8) is 0 Å². The zero-order valence-electron chi connectivity index (χ0n) is 18.9. The minimum Gasteiger partial charge on any atom is -0.493 e. The fourth-order valence-corrected chi connectivity index (χ4v) is 4.64. The smallest absolute Gasteiger partial charge is 0.303 e. The highest BCUT2D eigenvalue weighted by Gasteiger charge is 2.18. The summed E-state index contributed by atoms with van der Waals surface area (Å²) in [6.07, 6.45) is 2.28. The second kappa shape index (κ2) is 11.1. The van der Waals surface area contributed by atoms with Gasteiger partial charge in [-0.05, 0) is 47.9 Å². The molecule has 34 heavy (non-hydrogen) atoms. The zero-order chi connectivity index (χ0) is 23.9. The summed E-state index contributed by atoms with van der Waals surface area (Å²) in [7, 11) is 1.54. The van der Waals surface area contributed by atoms with Crippen LogP contribution in [0.15, 0.2) is 42.5 Å². The Kier molecular flexibility index (Phi) is 7.76. The van der Waals surface area contributed by atoms with Crippen molar-refractivity contribution in [3.8, 4) is 11.5 Å². The first-order valence-electron chi connectivity index (χ1n) is 11.0. The fraction of sp³-hybridized carbons (Fsp3) is 0.320. The number of morpholine rings is 1. The Labute approximate surface area is 201 Å². The molecule has 1 fully saturated rings. The van der Waals surface area contributed by atoms with E-state index in [1.807, 2.05) is 42.5 Å². The minimum absolute atomic E-state index is 0.00371. The topological polar surface area (TPSA) is 98.2 Å². The third-order valence-electron chi connectivity index (χ3n) is 5.42. The van der Waals surface area contributed by atoms with Gasteiger partial charge in [-0.1, -0.05) is 18.2 Å². The summed E-state index contributed by atoms with van der Waals surface area (Å²) in [6, 6.07) is 13.2. The van der Waals surface area contributed by atoms with Gasteiger partial charge in [-0.25, -0.2) is 4.98 Å². The molecule has 0 aliphatic carbocycles. The molecule has 0 radical (unpaired) electrons. The van der Waals surface area contributed by atoms with Crippen molar-refractivity contribution in [2.75, 3.05) is 40.0 Å². The first-order valence-corrected chi connectivity index (χ1v) is 11.8. The first-order chi connectivity index (χ1) is 16.5. The number of fused-ring (bicyclic) bond motifs is 1. The quantitative estimate of drug-likeness (QED) is 0.493. The van der Waals surface area contributed by atoms with Crippen LogP contribution in [0, 0.1) is 0 Å². The number of thiazole rings is 1. The van der Waals surface area contributed by atoms with E-state index in [4.69, 9.17) is 19.2 Å². The number of ether oxygens (including phenoxy) is 3. The molecule has 2 aromatic carbocycles. The molecule has 0 bridgehead atoms. The van der Waals surface area contributed by atoms with Gasteiger partial charge in [0.1, 0.15) is 5.01 Å². The number of hydrogen-bond donors (Lipinski definition) is 1. The summed E-state index contributed by atoms with van der Waals surface area (Å²) in [4.78, 5) is 30.0. The van der Waals surface area contributed by atoms with Crippen LogP contribution in [0.4, 0.5) is 0 Å². The Hall–Kier alpha value is -3.43. The van der Waals surface area contributed by atoms with Gasteiger partial charge in [0.25, 0.3) is 5.91 Å². The van der Waals surface area contributed by atoms with E-state index in [9.17, 15) is 14.7 Å². The lowest BCUT2D eigenvalue weighted by atomic mass is 10.1. The number of carbonyl (C=O) groups is 2. The van der Waals surface area contributed by atoms with Crippen LogP contribution in [0.5, 0.6) is 11.5 Å². The number of benzene rings is 2. The molecule has 8 nitrogen and oxygen atoms in total. The molecule has 178 valence electrons. The summed E-state index contributed by atoms with van der Waals surface area (Å²) in [6.45, 7) is 2.12. The van der Waals surface area contributed by atoms with Gasteiger partial charge in [-0.3, -0.25) is 9.59 Å². The number of aliphatic carboxylic acids is 1. The number of rotatable bonds is 9. The van der Waals surface area contributed by atoms with E-state index in [2.05, 4.69) is 0 Å². The Morgan fingerprint density at radius 2 is 1.94 bits per heavy atom. The summed E-state index contributed by atoms with van der Waals surface area (Å²) in [5.41, 5.74) is 2.54. The Morgan fingerprint density at radius 3 is 2.68 bits per heavy atom. The summed E-state index contributed by atoms with van der Waals surface area (Å²) in [5, 5.41) is 10.0. The summed E-state index contributed by atoms with van der Waals surface area (Å²) in [5.74, 6) is -0.00172. The standard InChI is InChI=1S/C25H26N2O6S/c1-31-21-15-17(6-8-20(21)33-16-23(28)27-10-12-32-13-11-27)14-18(7-9-24(29)30)25-26-19-4-2-3-5-22(19)34-25/h2-6,8,14-15H,7,9-13,16H2,1H3,(H,29,30). The molecule has 1 N–H and O–H groups in total. The second-order valence-corrected chi connectivity index (χ2v) is 8.77. The molecular weight excluding hydrogens is 456 g/mol. The van der Waals surface area contributed by atoms with E-state index < -0.39 is 5.97 Å². The van der Waals surface area contributed by atoms with Crippen molar-refractivity contribution >= 4 is 45.1 Å². The maximum atomic E-state index is 12.4. The van der Waals surface area contributed by atoms with Crippen LogP contribution in [0.3, 0.4) is 0 Å². The van der Waals surface area contributed by atoms with Crippen molar-refractivity contribution in [2.45, 2.75) is 12.8 Å². The van der Waals surface area contributed by atoms with Gasteiger partial charge < -0.3 is 24.2 Å². The number of para-hydroxylation sites is 1. The zero-order valence-corrected chi connectivity index (χ0v) is 19.7. The predicted octanol–water partition coefficient (Wildman–Crippen LogP) is 3.95. The monoisotopic (exact) mass is 482 g/mol. The van der Waals surface area contributed by atoms with E-state index in [0.717, 1.165) is 26.4 Å². The van der Waals surface area contributed by atoms with Crippen molar-refractivity contribution in [1.29, 1.82) is 0 Å². The number of carboxylic acids is 1. The number of hydrogen-bond acceptors (Lipinski definition) is 7. The van der Waals surface area contributed by atoms with Crippen LogP contribution in [0.25, 0.3) is 21.9 Å². The van der Waals surface area contributed by atoms with Crippen LogP contribution in [-0.2, 0) is 14.3 Å². The Balaban J connectivity index is 1.54. The van der Waals surface area contributed by atoms with Gasteiger partial charge in [0.2, 0.25) is 0 Å². The van der Waals surface area contributed by atoms with Gasteiger partial charge in [-0.15, -0.1) is 11.3 Å². The number of nitrogens with zero attached hydrogens (tertiary/aromatic N) is 2. The number of allylic oxidation sites excluding steroid dienone is 1. The third kappa shape index (κ3) is 5.92. The molecule has 1 aliphatic rings. The van der Waals surface area contributed by atoms with Crippen molar-refractivity contribution < 1.29 is 28.9 Å². The van der Waals surface area contributed by atoms with E-state index >= 15 is 0 Å². The molecule has 9 heteroatoms. The first kappa shape index (κ1) is 23.7. The lowest BCUT2D eigenvalue weighted by Gasteiger charge is -2.26. The summed E-state index contributed by atoms with van der Waals surface area (Å²) >= 11 is 1.53. The molecule has 1 saturated heterocycles. The van der Waals surface area contributed by atoms with Crippen LogP contribution >= 0.6 is 11.3 Å². The Morgan fingerprint density at radius 1 is 1.15 bits per heavy atom. The molecule has 1 aliphatic heterocycles. The van der Waals surface area contributed by atoms with E-state index in [-0.39, 0.29) is 18.9 Å². The van der Waals surface area contributed by atoms with Gasteiger partial charge in [0, 0.05) is 19.5 Å². The molecule has 1 aromatic heterocycles. The van der Waals surface area contributed by atoms with E-state index in [1.54, 1.807) is 18.1 Å². The maximum Gasteiger partial charge on any atom is 0.303 e. The lowest BCUT2D eigenvalue weighted by molar-refractivity contribution is -0.138. The van der Waals surface area contributed by atoms with Gasteiger partial charge in [0.05, 0.1) is 30.5 Å².